The highest BCUT2D eigenvalue weighted by molar-refractivity contribution is 8.00. The van der Waals surface area contributed by atoms with Crippen molar-refractivity contribution in [3.05, 3.63) is 24.4 Å². The first-order chi connectivity index (χ1) is 7.44. The van der Waals surface area contributed by atoms with Gasteiger partial charge in [0.2, 0.25) is 0 Å². The number of rotatable bonds is 2. The summed E-state index contributed by atoms with van der Waals surface area (Å²) >= 11 is 2.13. The zero-order valence-corrected chi connectivity index (χ0v) is 9.02. The minimum Gasteiger partial charge on any atom is -0.250 e. The zero-order chi connectivity index (χ0) is 9.36. The molecule has 0 aromatic carbocycles. The van der Waals surface area contributed by atoms with E-state index < -0.39 is 0 Å². The molecule has 7 rings (SSSR count). The molecule has 1 nitrogen and oxygen atoms in total. The highest BCUT2D eigenvalue weighted by Gasteiger charge is 3.04. The van der Waals surface area contributed by atoms with Crippen LogP contribution in [0.3, 0.4) is 0 Å². The van der Waals surface area contributed by atoms with E-state index in [0.29, 0.717) is 0 Å². The van der Waals surface area contributed by atoms with Gasteiger partial charge in [0, 0.05) is 10.9 Å². The number of hydrogen-bond donors (Lipinski definition) is 0. The van der Waals surface area contributed by atoms with Crippen LogP contribution in [0, 0.1) is 41.4 Å². The van der Waals surface area contributed by atoms with E-state index in [2.05, 4.69) is 28.9 Å². The molecule has 0 atom stereocenters. The van der Waals surface area contributed by atoms with Gasteiger partial charge in [-0.15, -0.1) is 0 Å². The number of nitrogens with zero attached hydrogens (tertiary/aromatic N) is 1. The Morgan fingerprint density at radius 3 is 2.33 bits per heavy atom. The normalized spacial score (nSPS) is 67.9. The van der Waals surface area contributed by atoms with Gasteiger partial charge in [-0.2, -0.15) is 0 Å². The number of pyridine rings is 1. The van der Waals surface area contributed by atoms with Gasteiger partial charge in [0.05, 0.1) is 5.03 Å². The Balaban J connectivity index is 1.41. The van der Waals surface area contributed by atoms with E-state index >= 15 is 0 Å². The molecule has 6 saturated carbocycles. The second-order valence-corrected chi connectivity index (χ2v) is 7.34. The predicted molar refractivity (Wildman–Crippen MR) is 57.3 cm³/mol. The average molecular weight is 213 g/mol. The lowest BCUT2D eigenvalue weighted by atomic mass is 9.01. The molecule has 0 spiro atoms. The molecule has 74 valence electrons. The molecule has 6 aliphatic carbocycles. The Hall–Kier alpha value is -0.500. The Bertz CT molecular complexity index is 446. The summed E-state index contributed by atoms with van der Waals surface area (Å²) < 4.78 is 0.725. The Labute approximate surface area is 92.7 Å². The first-order valence-electron chi connectivity index (χ1n) is 6.04. The maximum atomic E-state index is 4.48. The van der Waals surface area contributed by atoms with E-state index in [1.807, 2.05) is 12.3 Å². The van der Waals surface area contributed by atoms with E-state index in [-0.39, 0.29) is 0 Å². The lowest BCUT2D eigenvalue weighted by Gasteiger charge is -3.07. The Kier molecular flexibility index (Phi) is 0.775. The summed E-state index contributed by atoms with van der Waals surface area (Å²) in [7, 11) is 0. The van der Waals surface area contributed by atoms with Gasteiger partial charge >= 0.3 is 0 Å². The second kappa shape index (κ2) is 1.67. The molecule has 0 amide bonds. The molecule has 2 heteroatoms. The van der Waals surface area contributed by atoms with Crippen molar-refractivity contribution < 1.29 is 0 Å². The van der Waals surface area contributed by atoms with Crippen LogP contribution >= 0.6 is 11.8 Å². The SMILES string of the molecule is c1ccc(SC23C4C5C6C4C2C6C53)nc1. The monoisotopic (exact) mass is 213 g/mol. The fraction of sp³-hybridized carbons (Fsp3) is 0.615. The number of aromatic nitrogens is 1. The van der Waals surface area contributed by atoms with Crippen molar-refractivity contribution in [3.8, 4) is 0 Å². The van der Waals surface area contributed by atoms with E-state index in [0.717, 1.165) is 22.5 Å². The van der Waals surface area contributed by atoms with Crippen LogP contribution in [-0.4, -0.2) is 9.73 Å². The molecule has 0 saturated heterocycles. The third-order valence-electron chi connectivity index (χ3n) is 6.30. The van der Waals surface area contributed by atoms with Gasteiger partial charge in [-0.3, -0.25) is 0 Å². The summed E-state index contributed by atoms with van der Waals surface area (Å²) in [5.41, 5.74) is 0. The maximum Gasteiger partial charge on any atom is 0.0965 e. The van der Waals surface area contributed by atoms with E-state index in [4.69, 9.17) is 0 Å². The Morgan fingerprint density at radius 2 is 1.73 bits per heavy atom. The van der Waals surface area contributed by atoms with Gasteiger partial charge in [0.15, 0.2) is 0 Å². The highest BCUT2D eigenvalue weighted by Crippen LogP contribution is 3.05. The molecule has 0 aliphatic heterocycles. The van der Waals surface area contributed by atoms with Gasteiger partial charge in [-0.25, -0.2) is 4.98 Å². The van der Waals surface area contributed by atoms with Crippen molar-refractivity contribution in [3.63, 3.8) is 0 Å². The van der Waals surface area contributed by atoms with Crippen LogP contribution in [0.4, 0.5) is 0 Å². The van der Waals surface area contributed by atoms with Crippen LogP contribution in [0.2, 0.25) is 0 Å². The topological polar surface area (TPSA) is 12.9 Å². The third kappa shape index (κ3) is 0.404. The molecule has 0 radical (unpaired) electrons. The number of thioether (sulfide) groups is 1. The van der Waals surface area contributed by atoms with Crippen molar-refractivity contribution in [1.29, 1.82) is 0 Å². The number of hydrogen-bond acceptors (Lipinski definition) is 2. The fourth-order valence-corrected chi connectivity index (χ4v) is 8.09. The van der Waals surface area contributed by atoms with E-state index in [1.165, 1.54) is 28.7 Å². The maximum absolute atomic E-state index is 4.48. The molecule has 1 aromatic heterocycles. The van der Waals surface area contributed by atoms with E-state index in [9.17, 15) is 0 Å². The van der Waals surface area contributed by atoms with Gasteiger partial charge < -0.3 is 0 Å². The standard InChI is InChI=1S/C13H11NS/c1-2-4-14-5(3-1)15-13-10-7-6-8(10)12(13)9(6)11(7)13/h1-4,6-12H. The predicted octanol–water partition coefficient (Wildman–Crippen LogP) is 2.29. The largest absolute Gasteiger partial charge is 0.250 e. The molecule has 1 heterocycles. The highest BCUT2D eigenvalue weighted by atomic mass is 32.2. The first-order valence-corrected chi connectivity index (χ1v) is 6.86. The van der Waals surface area contributed by atoms with Crippen LogP contribution in [0.25, 0.3) is 0 Å². The summed E-state index contributed by atoms with van der Waals surface area (Å²) in [6.07, 6.45) is 1.93. The first kappa shape index (κ1) is 6.95. The molecule has 0 unspecified atom stereocenters. The van der Waals surface area contributed by atoms with Crippen LogP contribution in [0.1, 0.15) is 0 Å². The lowest BCUT2D eigenvalue weighted by molar-refractivity contribution is -0.545. The van der Waals surface area contributed by atoms with Crippen LogP contribution < -0.4 is 0 Å². The average Bonchev–Trinajstić information content (AvgIpc) is 2.31. The van der Waals surface area contributed by atoms with Gasteiger partial charge in [0.1, 0.15) is 0 Å². The minimum absolute atomic E-state index is 0.725. The molecular weight excluding hydrogens is 202 g/mol. The molecule has 1 aromatic rings. The van der Waals surface area contributed by atoms with E-state index in [1.54, 1.807) is 0 Å². The van der Waals surface area contributed by atoms with Crippen molar-refractivity contribution in [1.82, 2.24) is 4.98 Å². The molecule has 0 N–H and O–H groups in total. The summed E-state index contributed by atoms with van der Waals surface area (Å²) in [5.74, 6) is 8.22. The lowest BCUT2D eigenvalue weighted by Crippen LogP contribution is -3.07. The van der Waals surface area contributed by atoms with Crippen LogP contribution in [-0.2, 0) is 0 Å². The van der Waals surface area contributed by atoms with Gasteiger partial charge in [-0.1, -0.05) is 17.8 Å². The summed E-state index contributed by atoms with van der Waals surface area (Å²) in [6, 6.07) is 6.33. The van der Waals surface area contributed by atoms with Crippen molar-refractivity contribution >= 4 is 11.8 Å². The second-order valence-electron chi connectivity index (χ2n) is 6.01. The third-order valence-corrected chi connectivity index (χ3v) is 7.92. The van der Waals surface area contributed by atoms with Crippen molar-refractivity contribution in [2.24, 2.45) is 41.4 Å². The van der Waals surface area contributed by atoms with Crippen molar-refractivity contribution in [2.75, 3.05) is 0 Å². The summed E-state index contributed by atoms with van der Waals surface area (Å²) in [6.45, 7) is 0. The minimum atomic E-state index is 0.725. The van der Waals surface area contributed by atoms with Crippen LogP contribution in [0.5, 0.6) is 0 Å². The van der Waals surface area contributed by atoms with Gasteiger partial charge in [0.25, 0.3) is 0 Å². The molecule has 0 bridgehead atoms. The smallest absolute Gasteiger partial charge is 0.0965 e. The fourth-order valence-electron chi connectivity index (χ4n) is 6.12. The molecule has 6 aliphatic rings. The zero-order valence-electron chi connectivity index (χ0n) is 8.21. The van der Waals surface area contributed by atoms with Crippen LogP contribution in [0.15, 0.2) is 29.4 Å². The van der Waals surface area contributed by atoms with Crippen molar-refractivity contribution in [2.45, 2.75) is 9.77 Å². The van der Waals surface area contributed by atoms with Gasteiger partial charge in [-0.05, 0) is 53.6 Å². The summed E-state index contributed by atoms with van der Waals surface area (Å²) in [4.78, 5) is 4.48. The Morgan fingerprint density at radius 1 is 1.00 bits per heavy atom. The summed E-state index contributed by atoms with van der Waals surface area (Å²) in [5, 5.41) is 1.27. The quantitative estimate of drug-likeness (QED) is 0.747. The molecule has 6 fully saturated rings. The molecular formula is C13H11NS. The molecule has 15 heavy (non-hydrogen) atoms.